The lowest BCUT2D eigenvalue weighted by Crippen LogP contribution is -2.47. The van der Waals surface area contributed by atoms with E-state index >= 15 is 0 Å². The number of piperazine rings is 1. The minimum Gasteiger partial charge on any atom is -0.340 e. The largest absolute Gasteiger partial charge is 0.340 e. The lowest BCUT2D eigenvalue weighted by Gasteiger charge is -2.33. The monoisotopic (exact) mass is 340 g/mol. The van der Waals surface area contributed by atoms with Gasteiger partial charge in [0.15, 0.2) is 5.82 Å². The van der Waals surface area contributed by atoms with Crippen molar-refractivity contribution >= 4 is 22.6 Å². The van der Waals surface area contributed by atoms with E-state index in [0.29, 0.717) is 17.7 Å². The summed E-state index contributed by atoms with van der Waals surface area (Å²) in [6.07, 6.45) is 0. The van der Waals surface area contributed by atoms with Crippen LogP contribution in [0.2, 0.25) is 0 Å². The number of hydrogen-bond donors (Lipinski definition) is 0. The molecule has 1 amide bonds. The molecule has 8 nitrogen and oxygen atoms in total. The molecule has 1 aliphatic heterocycles. The van der Waals surface area contributed by atoms with Crippen LogP contribution in [0.3, 0.4) is 0 Å². The summed E-state index contributed by atoms with van der Waals surface area (Å²) in [5.41, 5.74) is 0.750. The minimum absolute atomic E-state index is 0.0721. The predicted molar refractivity (Wildman–Crippen MR) is 93.3 cm³/mol. The van der Waals surface area contributed by atoms with Gasteiger partial charge in [-0.1, -0.05) is 12.1 Å². The van der Waals surface area contributed by atoms with Crippen molar-refractivity contribution in [3.05, 3.63) is 40.4 Å². The zero-order chi connectivity index (χ0) is 17.6. The molecule has 0 aliphatic carbocycles. The van der Waals surface area contributed by atoms with E-state index in [1.165, 1.54) is 4.57 Å². The molecular weight excluding hydrogens is 320 g/mol. The Bertz CT molecular complexity index is 1010. The molecule has 25 heavy (non-hydrogen) atoms. The van der Waals surface area contributed by atoms with E-state index in [2.05, 4.69) is 15.1 Å². The number of amides is 1. The number of benzene rings is 1. The summed E-state index contributed by atoms with van der Waals surface area (Å²) >= 11 is 0. The van der Waals surface area contributed by atoms with Crippen molar-refractivity contribution in [1.82, 2.24) is 29.0 Å². The van der Waals surface area contributed by atoms with Crippen molar-refractivity contribution < 1.29 is 4.79 Å². The van der Waals surface area contributed by atoms with E-state index < -0.39 is 0 Å². The van der Waals surface area contributed by atoms with Gasteiger partial charge < -0.3 is 4.90 Å². The molecule has 1 aromatic carbocycles. The number of fused-ring (bicyclic) bond motifs is 3. The average molecular weight is 340 g/mol. The van der Waals surface area contributed by atoms with Crippen LogP contribution in [-0.4, -0.2) is 61.1 Å². The fourth-order valence-electron chi connectivity index (χ4n) is 3.42. The molecule has 1 fully saturated rings. The van der Waals surface area contributed by atoms with Crippen LogP contribution in [0.5, 0.6) is 0 Å². The Balaban J connectivity index is 1.72. The first-order valence-electron chi connectivity index (χ1n) is 8.36. The van der Waals surface area contributed by atoms with Crippen LogP contribution in [0.25, 0.3) is 16.7 Å². The molecule has 0 unspecified atom stereocenters. The third-order valence-electron chi connectivity index (χ3n) is 4.88. The first-order chi connectivity index (χ1) is 12.1. The molecule has 8 heteroatoms. The number of rotatable bonds is 2. The molecule has 4 rings (SSSR count). The Kier molecular flexibility index (Phi) is 3.76. The number of nitrogens with zero attached hydrogens (tertiary/aromatic N) is 6. The van der Waals surface area contributed by atoms with Gasteiger partial charge in [-0.25, -0.2) is 0 Å². The molecule has 0 N–H and O–H groups in total. The van der Waals surface area contributed by atoms with Crippen LogP contribution in [0.1, 0.15) is 12.7 Å². The molecule has 0 saturated carbocycles. The van der Waals surface area contributed by atoms with Crippen LogP contribution < -0.4 is 5.56 Å². The smallest absolute Gasteiger partial charge is 0.262 e. The summed E-state index contributed by atoms with van der Waals surface area (Å²) < 4.78 is 3.49. The zero-order valence-corrected chi connectivity index (χ0v) is 14.3. The van der Waals surface area contributed by atoms with Crippen molar-refractivity contribution in [1.29, 1.82) is 0 Å². The molecule has 130 valence electrons. The highest BCUT2D eigenvalue weighted by Crippen LogP contribution is 2.15. The molecule has 1 saturated heterocycles. The van der Waals surface area contributed by atoms with E-state index in [0.717, 1.165) is 37.5 Å². The van der Waals surface area contributed by atoms with Crippen molar-refractivity contribution in [2.24, 2.45) is 7.05 Å². The Morgan fingerprint density at radius 2 is 1.84 bits per heavy atom. The van der Waals surface area contributed by atoms with Crippen LogP contribution >= 0.6 is 0 Å². The molecule has 3 aromatic rings. The number of para-hydroxylation sites is 1. The summed E-state index contributed by atoms with van der Waals surface area (Å²) in [4.78, 5) is 28.1. The predicted octanol–water partition coefficient (Wildman–Crippen LogP) is 0.245. The molecule has 0 spiro atoms. The Hall–Kier alpha value is -2.74. The Labute approximate surface area is 144 Å². The molecular formula is C17H20N6O2. The highest BCUT2D eigenvalue weighted by Gasteiger charge is 2.21. The van der Waals surface area contributed by atoms with Gasteiger partial charge in [0.05, 0.1) is 17.4 Å². The minimum atomic E-state index is -0.0721. The first-order valence-corrected chi connectivity index (χ1v) is 8.36. The van der Waals surface area contributed by atoms with Gasteiger partial charge in [-0.2, -0.15) is 0 Å². The highest BCUT2D eigenvalue weighted by atomic mass is 16.2. The van der Waals surface area contributed by atoms with Crippen LogP contribution in [0, 0.1) is 0 Å². The summed E-state index contributed by atoms with van der Waals surface area (Å²) in [7, 11) is 1.72. The molecule has 3 heterocycles. The summed E-state index contributed by atoms with van der Waals surface area (Å²) in [5, 5.41) is 9.20. The average Bonchev–Trinajstić information content (AvgIpc) is 3.04. The van der Waals surface area contributed by atoms with Gasteiger partial charge in [0.25, 0.3) is 5.56 Å². The third-order valence-corrected chi connectivity index (χ3v) is 4.88. The highest BCUT2D eigenvalue weighted by molar-refractivity contribution is 5.80. The van der Waals surface area contributed by atoms with Crippen molar-refractivity contribution in [2.45, 2.75) is 13.5 Å². The van der Waals surface area contributed by atoms with E-state index in [-0.39, 0.29) is 11.5 Å². The maximum atomic E-state index is 12.5. The van der Waals surface area contributed by atoms with Gasteiger partial charge in [0.1, 0.15) is 0 Å². The number of aryl methyl sites for hydroxylation is 1. The van der Waals surface area contributed by atoms with Crippen molar-refractivity contribution in [2.75, 3.05) is 26.2 Å². The Morgan fingerprint density at radius 3 is 2.56 bits per heavy atom. The molecule has 1 aliphatic rings. The maximum absolute atomic E-state index is 12.5. The van der Waals surface area contributed by atoms with E-state index in [1.807, 2.05) is 33.6 Å². The number of carbonyl (C=O) groups excluding carboxylic acids is 1. The maximum Gasteiger partial charge on any atom is 0.262 e. The fourth-order valence-corrected chi connectivity index (χ4v) is 3.42. The zero-order valence-electron chi connectivity index (χ0n) is 14.3. The van der Waals surface area contributed by atoms with Crippen molar-refractivity contribution in [3.63, 3.8) is 0 Å². The number of carbonyl (C=O) groups is 1. The summed E-state index contributed by atoms with van der Waals surface area (Å²) in [6, 6.07) is 7.52. The molecule has 0 bridgehead atoms. The van der Waals surface area contributed by atoms with Gasteiger partial charge in [-0.3, -0.25) is 23.5 Å². The summed E-state index contributed by atoms with van der Waals surface area (Å²) in [5.74, 6) is 1.47. The Morgan fingerprint density at radius 1 is 1.12 bits per heavy atom. The number of hydrogen-bond acceptors (Lipinski definition) is 5. The second-order valence-electron chi connectivity index (χ2n) is 6.42. The normalized spacial score (nSPS) is 16.0. The van der Waals surface area contributed by atoms with E-state index in [1.54, 1.807) is 14.0 Å². The van der Waals surface area contributed by atoms with E-state index in [9.17, 15) is 9.59 Å². The van der Waals surface area contributed by atoms with Gasteiger partial charge in [-0.15, -0.1) is 10.2 Å². The summed E-state index contributed by atoms with van der Waals surface area (Å²) in [6.45, 7) is 5.30. The third kappa shape index (κ3) is 2.58. The lowest BCUT2D eigenvalue weighted by molar-refractivity contribution is -0.130. The van der Waals surface area contributed by atoms with Crippen LogP contribution in [0.4, 0.5) is 0 Å². The molecule has 0 atom stereocenters. The molecule has 2 aromatic heterocycles. The van der Waals surface area contributed by atoms with Crippen LogP contribution in [-0.2, 0) is 18.4 Å². The van der Waals surface area contributed by atoms with Gasteiger partial charge >= 0.3 is 0 Å². The van der Waals surface area contributed by atoms with Gasteiger partial charge in [-0.05, 0) is 12.1 Å². The van der Waals surface area contributed by atoms with Crippen molar-refractivity contribution in [3.8, 4) is 0 Å². The standard InChI is InChI=1S/C17H20N6O2/c1-12(24)22-9-7-21(8-10-22)11-15-18-19-17-20(2)16(25)13-5-3-4-6-14(13)23(15)17/h3-6H,7-11H2,1-2H3. The van der Waals surface area contributed by atoms with E-state index in [4.69, 9.17) is 0 Å². The lowest BCUT2D eigenvalue weighted by atomic mass is 10.2. The van der Waals surface area contributed by atoms with Crippen LogP contribution in [0.15, 0.2) is 29.1 Å². The topological polar surface area (TPSA) is 75.7 Å². The van der Waals surface area contributed by atoms with Gasteiger partial charge in [0.2, 0.25) is 11.7 Å². The van der Waals surface area contributed by atoms with Gasteiger partial charge in [0, 0.05) is 40.2 Å². The second kappa shape index (κ2) is 5.96. The second-order valence-corrected chi connectivity index (χ2v) is 6.42. The SMILES string of the molecule is CC(=O)N1CCN(Cc2nnc3n(C)c(=O)c4ccccc4n23)CC1. The molecule has 0 radical (unpaired) electrons. The quantitative estimate of drug-likeness (QED) is 0.668. The fraction of sp³-hybridized carbons (Fsp3) is 0.412. The number of aromatic nitrogens is 4. The first kappa shape index (κ1) is 15.8.